The average Bonchev–Trinajstić information content (AvgIpc) is 2.76. The van der Waals surface area contributed by atoms with Gasteiger partial charge in [0.25, 0.3) is 0 Å². The molecule has 9 heteroatoms. The van der Waals surface area contributed by atoms with Gasteiger partial charge in [-0.05, 0) is 32.3 Å². The number of halogens is 1. The van der Waals surface area contributed by atoms with Gasteiger partial charge >= 0.3 is 0 Å². The minimum atomic E-state index is -0.740. The van der Waals surface area contributed by atoms with Crippen LogP contribution in [0.2, 0.25) is 0 Å². The van der Waals surface area contributed by atoms with Gasteiger partial charge in [0.2, 0.25) is 0 Å². The van der Waals surface area contributed by atoms with Gasteiger partial charge in [-0.15, -0.1) is 24.0 Å². The molecule has 30 heavy (non-hydrogen) atoms. The maximum absolute atomic E-state index is 12.2. The summed E-state index contributed by atoms with van der Waals surface area (Å²) in [5.41, 5.74) is 0.913. The lowest BCUT2D eigenvalue weighted by atomic mass is 9.95. The molecular formula is C21H36IN3O4S. The van der Waals surface area contributed by atoms with Crippen molar-refractivity contribution in [2.75, 3.05) is 33.6 Å². The fourth-order valence-electron chi connectivity index (χ4n) is 3.64. The average molecular weight is 554 g/mol. The van der Waals surface area contributed by atoms with Crippen LogP contribution >= 0.6 is 24.0 Å². The molecule has 1 aromatic rings. The molecule has 2 rings (SSSR count). The van der Waals surface area contributed by atoms with Gasteiger partial charge in [0.1, 0.15) is 5.75 Å². The first-order valence-corrected chi connectivity index (χ1v) is 11.6. The van der Waals surface area contributed by atoms with E-state index < -0.39 is 10.8 Å². The van der Waals surface area contributed by atoms with Gasteiger partial charge in [-0.2, -0.15) is 0 Å². The smallest absolute Gasteiger partial charge is 0.191 e. The fraction of sp³-hybridized carbons (Fsp3) is 0.667. The van der Waals surface area contributed by atoms with Crippen LogP contribution in [0.4, 0.5) is 0 Å². The Kier molecular flexibility index (Phi) is 12.5. The Morgan fingerprint density at radius 1 is 1.10 bits per heavy atom. The highest BCUT2D eigenvalue weighted by Crippen LogP contribution is 2.35. The predicted molar refractivity (Wildman–Crippen MR) is 134 cm³/mol. The van der Waals surface area contributed by atoms with E-state index >= 15 is 0 Å². The van der Waals surface area contributed by atoms with Crippen LogP contribution in [-0.4, -0.2) is 55.1 Å². The van der Waals surface area contributed by atoms with Gasteiger partial charge in [0, 0.05) is 46.0 Å². The number of benzene rings is 1. The number of ether oxygens (including phenoxy) is 3. The second-order valence-electron chi connectivity index (χ2n) is 7.01. The first-order valence-electron chi connectivity index (χ1n) is 10.3. The molecule has 3 atom stereocenters. The summed E-state index contributed by atoms with van der Waals surface area (Å²) in [6, 6.07) is 4.00. The molecule has 1 saturated carbocycles. The van der Waals surface area contributed by atoms with Crippen LogP contribution in [0.25, 0.3) is 0 Å². The van der Waals surface area contributed by atoms with Gasteiger partial charge < -0.3 is 24.8 Å². The lowest BCUT2D eigenvalue weighted by Crippen LogP contribution is -2.46. The van der Waals surface area contributed by atoms with Crippen LogP contribution in [0, 0.1) is 0 Å². The maximum atomic E-state index is 12.2. The molecule has 0 aromatic heterocycles. The third-order valence-corrected chi connectivity index (χ3v) is 6.90. The number of rotatable bonds is 9. The summed E-state index contributed by atoms with van der Waals surface area (Å²) in [6.07, 6.45) is 4.14. The molecule has 1 fully saturated rings. The van der Waals surface area contributed by atoms with E-state index in [9.17, 15) is 4.21 Å². The van der Waals surface area contributed by atoms with Crippen molar-refractivity contribution in [3.8, 4) is 17.2 Å². The zero-order chi connectivity index (χ0) is 21.2. The number of guanidine groups is 1. The minimum Gasteiger partial charge on any atom is -0.496 e. The summed E-state index contributed by atoms with van der Waals surface area (Å²) >= 11 is 0. The fourth-order valence-corrected chi connectivity index (χ4v) is 4.99. The SMILES string of the molecule is CCNC(=NCc1cc(OC)c(OC)cc1OC)NC1CCCC(S(=O)CC)C1.I. The Morgan fingerprint density at radius 3 is 2.37 bits per heavy atom. The third kappa shape index (κ3) is 7.47. The van der Waals surface area contributed by atoms with Crippen LogP contribution in [-0.2, 0) is 17.3 Å². The van der Waals surface area contributed by atoms with E-state index in [1.165, 1.54) is 0 Å². The standard InChI is InChI=1S/C21H35N3O4S.HI/c1-6-22-21(24-16-9-8-10-17(12-16)29(25)7-2)23-14-15-11-19(27-4)20(28-5)13-18(15)26-3;/h11,13,16-17H,6-10,12,14H2,1-5H3,(H2,22,23,24);1H. The van der Waals surface area contributed by atoms with E-state index in [1.54, 1.807) is 21.3 Å². The molecule has 0 amide bonds. The molecule has 0 heterocycles. The number of aliphatic imine (C=N–C) groups is 1. The van der Waals surface area contributed by atoms with E-state index in [4.69, 9.17) is 19.2 Å². The number of methoxy groups -OCH3 is 3. The minimum absolute atomic E-state index is 0. The molecule has 7 nitrogen and oxygen atoms in total. The molecule has 3 unspecified atom stereocenters. The first-order chi connectivity index (χ1) is 14.1. The molecule has 1 aromatic carbocycles. The lowest BCUT2D eigenvalue weighted by Gasteiger charge is -2.30. The second kappa shape index (κ2) is 14.0. The summed E-state index contributed by atoms with van der Waals surface area (Å²) in [4.78, 5) is 4.75. The molecule has 0 bridgehead atoms. The van der Waals surface area contributed by atoms with Gasteiger partial charge in [-0.3, -0.25) is 4.21 Å². The van der Waals surface area contributed by atoms with Gasteiger partial charge in [-0.25, -0.2) is 4.99 Å². The van der Waals surface area contributed by atoms with Gasteiger partial charge in [-0.1, -0.05) is 13.3 Å². The van der Waals surface area contributed by atoms with Crippen LogP contribution < -0.4 is 24.8 Å². The van der Waals surface area contributed by atoms with E-state index in [0.717, 1.165) is 49.5 Å². The first kappa shape index (κ1) is 26.8. The summed E-state index contributed by atoms with van der Waals surface area (Å²) in [5.74, 6) is 3.47. The number of nitrogens with zero attached hydrogens (tertiary/aromatic N) is 1. The highest BCUT2D eigenvalue weighted by molar-refractivity contribution is 14.0. The molecule has 2 N–H and O–H groups in total. The Morgan fingerprint density at radius 2 is 1.77 bits per heavy atom. The van der Waals surface area contributed by atoms with Crippen molar-refractivity contribution in [2.45, 2.75) is 57.4 Å². The van der Waals surface area contributed by atoms with E-state index in [0.29, 0.717) is 23.8 Å². The second-order valence-corrected chi connectivity index (χ2v) is 9.02. The van der Waals surface area contributed by atoms with Crippen molar-refractivity contribution in [1.29, 1.82) is 0 Å². The van der Waals surface area contributed by atoms with Crippen molar-refractivity contribution in [3.63, 3.8) is 0 Å². The topological polar surface area (TPSA) is 81.2 Å². The Balaban J connectivity index is 0.00000450. The predicted octanol–water partition coefficient (Wildman–Crippen LogP) is 3.47. The maximum Gasteiger partial charge on any atom is 0.191 e. The van der Waals surface area contributed by atoms with Crippen molar-refractivity contribution in [2.24, 2.45) is 4.99 Å². The number of nitrogens with one attached hydrogen (secondary N) is 2. The van der Waals surface area contributed by atoms with Gasteiger partial charge in [0.15, 0.2) is 17.5 Å². The third-order valence-electron chi connectivity index (χ3n) is 5.16. The normalized spacial score (nSPS) is 20.0. The van der Waals surface area contributed by atoms with Crippen molar-refractivity contribution in [1.82, 2.24) is 10.6 Å². The van der Waals surface area contributed by atoms with Gasteiger partial charge in [0.05, 0.1) is 27.9 Å². The molecule has 0 spiro atoms. The van der Waals surface area contributed by atoms with Crippen LogP contribution in [0.1, 0.15) is 45.1 Å². The molecule has 0 saturated heterocycles. The molecule has 1 aliphatic rings. The summed E-state index contributed by atoms with van der Waals surface area (Å²) in [7, 11) is 4.11. The summed E-state index contributed by atoms with van der Waals surface area (Å²) in [6.45, 7) is 5.25. The summed E-state index contributed by atoms with van der Waals surface area (Å²) < 4.78 is 28.5. The molecule has 1 aliphatic carbocycles. The zero-order valence-electron chi connectivity index (χ0n) is 18.7. The Labute approximate surface area is 200 Å². The van der Waals surface area contributed by atoms with E-state index in [2.05, 4.69) is 10.6 Å². The van der Waals surface area contributed by atoms with Crippen molar-refractivity contribution in [3.05, 3.63) is 17.7 Å². The zero-order valence-corrected chi connectivity index (χ0v) is 21.8. The highest BCUT2D eigenvalue weighted by Gasteiger charge is 2.26. The quantitative estimate of drug-likeness (QED) is 0.277. The van der Waals surface area contributed by atoms with E-state index in [-0.39, 0.29) is 35.3 Å². The number of hydrogen-bond acceptors (Lipinski definition) is 5. The van der Waals surface area contributed by atoms with Crippen LogP contribution in [0.5, 0.6) is 17.2 Å². The summed E-state index contributed by atoms with van der Waals surface area (Å²) in [5, 5.41) is 7.12. The lowest BCUT2D eigenvalue weighted by molar-refractivity contribution is 0.347. The molecule has 0 radical (unpaired) electrons. The van der Waals surface area contributed by atoms with E-state index in [1.807, 2.05) is 26.0 Å². The van der Waals surface area contributed by atoms with Crippen molar-refractivity contribution >= 4 is 40.7 Å². The van der Waals surface area contributed by atoms with Crippen LogP contribution in [0.3, 0.4) is 0 Å². The molecule has 172 valence electrons. The monoisotopic (exact) mass is 553 g/mol. The molecule has 0 aliphatic heterocycles. The molecular weight excluding hydrogens is 517 g/mol. The Hall–Kier alpha value is -1.23. The largest absolute Gasteiger partial charge is 0.496 e. The highest BCUT2D eigenvalue weighted by atomic mass is 127. The number of hydrogen-bond donors (Lipinski definition) is 2. The van der Waals surface area contributed by atoms with Crippen LogP contribution in [0.15, 0.2) is 17.1 Å². The Bertz CT molecular complexity index is 718. The van der Waals surface area contributed by atoms with Crippen molar-refractivity contribution < 1.29 is 18.4 Å².